The van der Waals surface area contributed by atoms with Crippen LogP contribution in [0.4, 0.5) is 5.82 Å². The smallest absolute Gasteiger partial charge is 0.390 e. The van der Waals surface area contributed by atoms with Gasteiger partial charge in [0.15, 0.2) is 0 Å². The third-order valence-corrected chi connectivity index (χ3v) is 3.88. The largest absolute Gasteiger partial charge is 0.469 e. The molecule has 0 amide bonds. The van der Waals surface area contributed by atoms with Crippen molar-refractivity contribution in [3.8, 4) is 0 Å². The number of phosphoric acid groups is 1. The Balaban J connectivity index is 2.03. The number of aliphatic hydroxyl groups excluding tert-OH is 1. The molecule has 1 fully saturated rings. The highest BCUT2D eigenvalue weighted by molar-refractivity contribution is 7.80. The number of anilines is 1. The van der Waals surface area contributed by atoms with Crippen LogP contribution < -0.4 is 11.0 Å². The number of thiol groups is 1. The van der Waals surface area contributed by atoms with Crippen molar-refractivity contribution < 1.29 is 28.7 Å². The first-order chi connectivity index (χ1) is 10.8. The second-order valence-electron chi connectivity index (χ2n) is 4.87. The first-order valence-corrected chi connectivity index (χ1v) is 8.94. The SMILES string of the molecule is O=c1nc(NCCS)ccn1[C@H]1C[C@H](O)[C@@H](COP(=O)(O)O)O1. The van der Waals surface area contributed by atoms with E-state index in [4.69, 9.17) is 14.5 Å². The van der Waals surface area contributed by atoms with Crippen LogP contribution in [0.1, 0.15) is 12.6 Å². The molecular formula is C11H18N3O7PS. The summed E-state index contributed by atoms with van der Waals surface area (Å²) in [5, 5.41) is 12.8. The monoisotopic (exact) mass is 367 g/mol. The van der Waals surface area contributed by atoms with Crippen LogP contribution in [0.15, 0.2) is 17.1 Å². The summed E-state index contributed by atoms with van der Waals surface area (Å²) in [6, 6.07) is 1.58. The van der Waals surface area contributed by atoms with Crippen molar-refractivity contribution in [3.63, 3.8) is 0 Å². The highest BCUT2D eigenvalue weighted by Crippen LogP contribution is 2.38. The average molecular weight is 367 g/mol. The molecule has 1 aliphatic rings. The van der Waals surface area contributed by atoms with Crippen LogP contribution in [0.5, 0.6) is 0 Å². The van der Waals surface area contributed by atoms with Crippen molar-refractivity contribution in [1.82, 2.24) is 9.55 Å². The van der Waals surface area contributed by atoms with Crippen molar-refractivity contribution in [2.45, 2.75) is 24.9 Å². The lowest BCUT2D eigenvalue weighted by molar-refractivity contribution is -0.0450. The van der Waals surface area contributed by atoms with Crippen LogP contribution in [-0.2, 0) is 13.8 Å². The van der Waals surface area contributed by atoms with Crippen LogP contribution >= 0.6 is 20.5 Å². The maximum atomic E-state index is 12.0. The maximum absolute atomic E-state index is 12.0. The van der Waals surface area contributed by atoms with E-state index in [1.165, 1.54) is 10.8 Å². The number of rotatable bonds is 7. The van der Waals surface area contributed by atoms with E-state index in [1.54, 1.807) is 6.07 Å². The lowest BCUT2D eigenvalue weighted by Gasteiger charge is -2.16. The molecule has 4 N–H and O–H groups in total. The zero-order valence-corrected chi connectivity index (χ0v) is 13.8. The van der Waals surface area contributed by atoms with Crippen molar-refractivity contribution in [2.24, 2.45) is 0 Å². The second kappa shape index (κ2) is 7.75. The summed E-state index contributed by atoms with van der Waals surface area (Å²) in [6.07, 6.45) is -1.18. The number of aromatic nitrogens is 2. The zero-order chi connectivity index (χ0) is 17.0. The quantitative estimate of drug-likeness (QED) is 0.313. The van der Waals surface area contributed by atoms with Gasteiger partial charge >= 0.3 is 13.5 Å². The van der Waals surface area contributed by atoms with Gasteiger partial charge in [-0.3, -0.25) is 9.09 Å². The molecule has 0 aliphatic carbocycles. The molecule has 0 spiro atoms. The van der Waals surface area contributed by atoms with Crippen molar-refractivity contribution >= 4 is 26.3 Å². The van der Waals surface area contributed by atoms with Gasteiger partial charge in [0.25, 0.3) is 0 Å². The molecule has 0 saturated carbocycles. The summed E-state index contributed by atoms with van der Waals surface area (Å²) in [7, 11) is -4.65. The Hall–Kier alpha value is -0.940. The Morgan fingerprint density at radius 1 is 1.57 bits per heavy atom. The van der Waals surface area contributed by atoms with Crippen LogP contribution in [0.2, 0.25) is 0 Å². The Bertz CT molecular complexity index is 636. The lowest BCUT2D eigenvalue weighted by atomic mass is 10.2. The molecule has 12 heteroatoms. The summed E-state index contributed by atoms with van der Waals surface area (Å²) in [6.45, 7) is 0.0751. The van der Waals surface area contributed by atoms with Gasteiger partial charge in [-0.15, -0.1) is 0 Å². The minimum Gasteiger partial charge on any atom is -0.390 e. The van der Waals surface area contributed by atoms with Crippen LogP contribution in [0.25, 0.3) is 0 Å². The number of hydrogen-bond acceptors (Lipinski definition) is 8. The molecule has 1 aliphatic heterocycles. The minimum absolute atomic E-state index is 0.0835. The van der Waals surface area contributed by atoms with Crippen molar-refractivity contribution in [1.29, 1.82) is 0 Å². The van der Waals surface area contributed by atoms with Crippen LogP contribution in [0.3, 0.4) is 0 Å². The summed E-state index contributed by atoms with van der Waals surface area (Å²) >= 11 is 4.04. The molecule has 0 bridgehead atoms. The predicted octanol–water partition coefficient (Wildman–Crippen LogP) is -0.657. The molecule has 3 atom stereocenters. The summed E-state index contributed by atoms with van der Waals surface area (Å²) in [4.78, 5) is 33.2. The summed E-state index contributed by atoms with van der Waals surface area (Å²) in [5.41, 5.74) is -0.567. The molecule has 0 unspecified atom stereocenters. The standard InChI is InChI=1S/C11H18N3O7PS/c15-7-5-10(21-8(7)6-20-22(17,18)19)14-3-1-9(12-2-4-23)13-11(14)16/h1,3,7-8,10,15,23H,2,4-6H2,(H,12,13,16)(H2,17,18,19)/t7-,8+,10+/m0/s1. The Kier molecular flexibility index (Phi) is 6.20. The second-order valence-corrected chi connectivity index (χ2v) is 6.56. The van der Waals surface area contributed by atoms with Gasteiger partial charge < -0.3 is 24.9 Å². The Labute approximate surface area is 137 Å². The molecule has 2 rings (SSSR count). The number of hydrogen-bond donors (Lipinski definition) is 5. The number of phosphoric ester groups is 1. The first kappa shape index (κ1) is 18.4. The van der Waals surface area contributed by atoms with E-state index in [-0.39, 0.29) is 6.42 Å². The number of ether oxygens (including phenoxy) is 1. The van der Waals surface area contributed by atoms with E-state index in [2.05, 4.69) is 27.5 Å². The van der Waals surface area contributed by atoms with E-state index in [9.17, 15) is 14.5 Å². The van der Waals surface area contributed by atoms with E-state index in [0.29, 0.717) is 18.1 Å². The Morgan fingerprint density at radius 2 is 2.30 bits per heavy atom. The van der Waals surface area contributed by atoms with E-state index in [1.807, 2.05) is 0 Å². The predicted molar refractivity (Wildman–Crippen MR) is 83.4 cm³/mol. The fraction of sp³-hybridized carbons (Fsp3) is 0.636. The maximum Gasteiger partial charge on any atom is 0.469 e. The zero-order valence-electron chi connectivity index (χ0n) is 12.0. The van der Waals surface area contributed by atoms with Crippen molar-refractivity contribution in [2.75, 3.05) is 24.2 Å². The van der Waals surface area contributed by atoms with Gasteiger partial charge in [-0.05, 0) is 6.07 Å². The van der Waals surface area contributed by atoms with E-state index < -0.39 is 38.6 Å². The molecule has 130 valence electrons. The topological polar surface area (TPSA) is 143 Å². The number of nitrogens with one attached hydrogen (secondary N) is 1. The molecule has 1 aromatic heterocycles. The fourth-order valence-corrected chi connectivity index (χ4v) is 2.57. The van der Waals surface area contributed by atoms with Crippen LogP contribution in [0, 0.1) is 0 Å². The third kappa shape index (κ3) is 5.28. The molecule has 10 nitrogen and oxygen atoms in total. The van der Waals surface area contributed by atoms with Gasteiger partial charge in [0.05, 0.1) is 12.7 Å². The van der Waals surface area contributed by atoms with Gasteiger partial charge in [0.2, 0.25) is 0 Å². The number of aliphatic hydroxyl groups is 1. The number of nitrogens with zero attached hydrogens (tertiary/aromatic N) is 2. The molecule has 0 radical (unpaired) electrons. The van der Waals surface area contributed by atoms with Gasteiger partial charge in [-0.2, -0.15) is 17.6 Å². The van der Waals surface area contributed by atoms with Gasteiger partial charge in [-0.25, -0.2) is 9.36 Å². The minimum atomic E-state index is -4.65. The highest BCUT2D eigenvalue weighted by Gasteiger charge is 2.37. The molecule has 1 saturated heterocycles. The van der Waals surface area contributed by atoms with Gasteiger partial charge in [0, 0.05) is 24.9 Å². The molecular weight excluding hydrogens is 349 g/mol. The third-order valence-electron chi connectivity index (χ3n) is 3.17. The molecule has 2 heterocycles. The fourth-order valence-electron chi connectivity index (χ4n) is 2.12. The van der Waals surface area contributed by atoms with Gasteiger partial charge in [0.1, 0.15) is 18.1 Å². The molecule has 0 aromatic carbocycles. The van der Waals surface area contributed by atoms with E-state index in [0.717, 1.165) is 0 Å². The van der Waals surface area contributed by atoms with Crippen molar-refractivity contribution in [3.05, 3.63) is 22.7 Å². The van der Waals surface area contributed by atoms with Crippen LogP contribution in [-0.4, -0.2) is 55.6 Å². The molecule has 23 heavy (non-hydrogen) atoms. The summed E-state index contributed by atoms with van der Waals surface area (Å²) < 4.78 is 21.6. The molecule has 1 aromatic rings. The first-order valence-electron chi connectivity index (χ1n) is 6.77. The average Bonchev–Trinajstić information content (AvgIpc) is 2.83. The Morgan fingerprint density at radius 3 is 2.91 bits per heavy atom. The normalized spacial score (nSPS) is 24.8. The van der Waals surface area contributed by atoms with E-state index >= 15 is 0 Å². The lowest BCUT2D eigenvalue weighted by Crippen LogP contribution is -2.28. The highest BCUT2D eigenvalue weighted by atomic mass is 32.1. The summed E-state index contributed by atoms with van der Waals surface area (Å²) in [5.74, 6) is 0.990. The van der Waals surface area contributed by atoms with Gasteiger partial charge in [-0.1, -0.05) is 0 Å².